The molecule has 0 saturated heterocycles. The number of benzene rings is 1. The average molecular weight is 329 g/mol. The Balaban J connectivity index is 1.70. The second-order valence-electron chi connectivity index (χ2n) is 4.70. The van der Waals surface area contributed by atoms with Crippen LogP contribution in [-0.4, -0.2) is 32.7 Å². The molecule has 1 amide bonds. The van der Waals surface area contributed by atoms with E-state index in [2.05, 4.69) is 32.4 Å². The fourth-order valence-corrected chi connectivity index (χ4v) is 2.67. The molecule has 3 rings (SSSR count). The van der Waals surface area contributed by atoms with E-state index in [0.29, 0.717) is 18.2 Å². The highest BCUT2D eigenvalue weighted by Crippen LogP contribution is 2.26. The SMILES string of the molecule is CCCOc1ccc(-c2nc(C(=O)Nc3ncn[nH]3)cs2)cc1. The van der Waals surface area contributed by atoms with E-state index in [0.717, 1.165) is 22.7 Å². The molecule has 2 N–H and O–H groups in total. The topological polar surface area (TPSA) is 92.8 Å². The van der Waals surface area contributed by atoms with E-state index in [1.807, 2.05) is 24.3 Å². The molecule has 0 spiro atoms. The number of amides is 1. The number of rotatable bonds is 6. The molecule has 0 fully saturated rings. The number of aromatic amines is 1. The molecule has 0 aliphatic heterocycles. The van der Waals surface area contributed by atoms with Crippen LogP contribution in [0.1, 0.15) is 23.8 Å². The number of hydrogen-bond donors (Lipinski definition) is 2. The van der Waals surface area contributed by atoms with Gasteiger partial charge in [-0.15, -0.1) is 11.3 Å². The van der Waals surface area contributed by atoms with Crippen LogP contribution in [0, 0.1) is 0 Å². The third kappa shape index (κ3) is 3.72. The van der Waals surface area contributed by atoms with Gasteiger partial charge in [0.15, 0.2) is 0 Å². The van der Waals surface area contributed by atoms with Crippen LogP contribution >= 0.6 is 11.3 Å². The molecule has 8 heteroatoms. The van der Waals surface area contributed by atoms with Crippen LogP contribution in [0.2, 0.25) is 0 Å². The van der Waals surface area contributed by atoms with Gasteiger partial charge in [-0.25, -0.2) is 10.1 Å². The summed E-state index contributed by atoms with van der Waals surface area (Å²) in [4.78, 5) is 20.3. The maximum Gasteiger partial charge on any atom is 0.277 e. The van der Waals surface area contributed by atoms with Crippen LogP contribution in [-0.2, 0) is 0 Å². The van der Waals surface area contributed by atoms with E-state index in [9.17, 15) is 4.79 Å². The Bertz CT molecular complexity index is 768. The minimum absolute atomic E-state index is 0.293. The number of ether oxygens (including phenoxy) is 1. The first-order valence-corrected chi connectivity index (χ1v) is 7.99. The molecule has 23 heavy (non-hydrogen) atoms. The van der Waals surface area contributed by atoms with Crippen molar-refractivity contribution in [3.05, 3.63) is 41.7 Å². The maximum atomic E-state index is 12.1. The first-order valence-electron chi connectivity index (χ1n) is 7.11. The van der Waals surface area contributed by atoms with Gasteiger partial charge in [0.1, 0.15) is 22.8 Å². The number of nitrogens with one attached hydrogen (secondary N) is 2. The number of hydrogen-bond acceptors (Lipinski definition) is 6. The molecular weight excluding hydrogens is 314 g/mol. The van der Waals surface area contributed by atoms with Gasteiger partial charge < -0.3 is 4.74 Å². The van der Waals surface area contributed by atoms with Gasteiger partial charge in [0.05, 0.1) is 6.61 Å². The third-order valence-electron chi connectivity index (χ3n) is 2.96. The predicted molar refractivity (Wildman–Crippen MR) is 87.7 cm³/mol. The first kappa shape index (κ1) is 15.2. The molecule has 0 radical (unpaired) electrons. The zero-order chi connectivity index (χ0) is 16.1. The molecule has 0 atom stereocenters. The number of aromatic nitrogens is 4. The standard InChI is InChI=1S/C15H15N5O2S/c1-2-7-22-11-5-3-10(4-6-11)14-18-12(8-23-14)13(21)19-15-16-9-17-20-15/h3-6,8-9H,2,7H2,1H3,(H2,16,17,19,20,21). The van der Waals surface area contributed by atoms with Crippen LogP contribution in [0.15, 0.2) is 36.0 Å². The van der Waals surface area contributed by atoms with Crippen LogP contribution in [0.5, 0.6) is 5.75 Å². The van der Waals surface area contributed by atoms with Crippen LogP contribution < -0.4 is 10.1 Å². The van der Waals surface area contributed by atoms with E-state index >= 15 is 0 Å². The van der Waals surface area contributed by atoms with Gasteiger partial charge in [-0.1, -0.05) is 6.92 Å². The van der Waals surface area contributed by atoms with Gasteiger partial charge in [-0.05, 0) is 30.7 Å². The largest absolute Gasteiger partial charge is 0.494 e. The summed E-state index contributed by atoms with van der Waals surface area (Å²) in [6.45, 7) is 2.76. The molecular formula is C15H15N5O2S. The highest BCUT2D eigenvalue weighted by molar-refractivity contribution is 7.13. The quantitative estimate of drug-likeness (QED) is 0.725. The second-order valence-corrected chi connectivity index (χ2v) is 5.56. The van der Waals surface area contributed by atoms with E-state index < -0.39 is 0 Å². The first-order chi connectivity index (χ1) is 11.3. The Hall–Kier alpha value is -2.74. The highest BCUT2D eigenvalue weighted by Gasteiger charge is 2.13. The van der Waals surface area contributed by atoms with Gasteiger partial charge in [0.2, 0.25) is 5.95 Å². The number of nitrogens with zero attached hydrogens (tertiary/aromatic N) is 3. The number of anilines is 1. The van der Waals surface area contributed by atoms with Crippen LogP contribution in [0.25, 0.3) is 10.6 Å². The summed E-state index contributed by atoms with van der Waals surface area (Å²) >= 11 is 1.41. The number of H-pyrrole nitrogens is 1. The van der Waals surface area contributed by atoms with Crippen molar-refractivity contribution in [3.63, 3.8) is 0 Å². The average Bonchev–Trinajstić information content (AvgIpc) is 3.25. The van der Waals surface area contributed by atoms with E-state index in [-0.39, 0.29) is 5.91 Å². The zero-order valence-electron chi connectivity index (χ0n) is 12.4. The molecule has 2 heterocycles. The van der Waals surface area contributed by atoms with Crippen LogP contribution in [0.4, 0.5) is 5.95 Å². The molecule has 118 valence electrons. The molecule has 3 aromatic rings. The summed E-state index contributed by atoms with van der Waals surface area (Å²) in [6, 6.07) is 7.67. The van der Waals surface area contributed by atoms with Crippen molar-refractivity contribution in [2.75, 3.05) is 11.9 Å². The monoisotopic (exact) mass is 329 g/mol. The molecule has 0 aliphatic carbocycles. The third-order valence-corrected chi connectivity index (χ3v) is 3.85. The Morgan fingerprint density at radius 1 is 1.35 bits per heavy atom. The van der Waals surface area contributed by atoms with Gasteiger partial charge in [-0.3, -0.25) is 10.1 Å². The minimum Gasteiger partial charge on any atom is -0.494 e. The van der Waals surface area contributed by atoms with Gasteiger partial charge in [0.25, 0.3) is 5.91 Å². The number of carbonyl (C=O) groups is 1. The summed E-state index contributed by atoms with van der Waals surface area (Å²) in [5.74, 6) is 0.796. The normalized spacial score (nSPS) is 10.5. The van der Waals surface area contributed by atoms with Crippen molar-refractivity contribution >= 4 is 23.2 Å². The van der Waals surface area contributed by atoms with Crippen molar-refractivity contribution in [2.24, 2.45) is 0 Å². The summed E-state index contributed by atoms with van der Waals surface area (Å²) < 4.78 is 5.55. The lowest BCUT2D eigenvalue weighted by atomic mass is 10.2. The molecule has 1 aromatic carbocycles. The van der Waals surface area contributed by atoms with Gasteiger partial charge in [0, 0.05) is 10.9 Å². The summed E-state index contributed by atoms with van der Waals surface area (Å²) in [6.07, 6.45) is 2.29. The van der Waals surface area contributed by atoms with Gasteiger partial charge >= 0.3 is 0 Å². The van der Waals surface area contributed by atoms with Gasteiger partial charge in [-0.2, -0.15) is 10.1 Å². The maximum absolute atomic E-state index is 12.1. The Morgan fingerprint density at radius 2 is 2.17 bits per heavy atom. The molecule has 0 bridgehead atoms. The molecule has 0 saturated carbocycles. The molecule has 0 aliphatic rings. The fourth-order valence-electron chi connectivity index (χ4n) is 1.86. The second kappa shape index (κ2) is 7.01. The lowest BCUT2D eigenvalue weighted by Gasteiger charge is -2.04. The van der Waals surface area contributed by atoms with Crippen molar-refractivity contribution in [1.29, 1.82) is 0 Å². The Labute approximate surface area is 136 Å². The Kier molecular flexibility index (Phi) is 4.62. The van der Waals surface area contributed by atoms with Crippen molar-refractivity contribution in [3.8, 4) is 16.3 Å². The number of thiazole rings is 1. The van der Waals surface area contributed by atoms with Crippen molar-refractivity contribution < 1.29 is 9.53 Å². The zero-order valence-corrected chi connectivity index (χ0v) is 13.3. The molecule has 0 unspecified atom stereocenters. The predicted octanol–water partition coefficient (Wildman–Crippen LogP) is 2.97. The van der Waals surface area contributed by atoms with E-state index in [1.165, 1.54) is 17.7 Å². The van der Waals surface area contributed by atoms with E-state index in [1.54, 1.807) is 5.38 Å². The van der Waals surface area contributed by atoms with E-state index in [4.69, 9.17) is 4.74 Å². The summed E-state index contributed by atoms with van der Waals surface area (Å²) in [5, 5.41) is 11.3. The summed E-state index contributed by atoms with van der Waals surface area (Å²) in [5.41, 5.74) is 1.28. The van der Waals surface area contributed by atoms with Crippen molar-refractivity contribution in [2.45, 2.75) is 13.3 Å². The molecule has 2 aromatic heterocycles. The fraction of sp³-hybridized carbons (Fsp3) is 0.200. The lowest BCUT2D eigenvalue weighted by Crippen LogP contribution is -2.13. The van der Waals surface area contributed by atoms with Crippen molar-refractivity contribution in [1.82, 2.24) is 20.2 Å². The number of carbonyl (C=O) groups excluding carboxylic acids is 1. The van der Waals surface area contributed by atoms with Crippen LogP contribution in [0.3, 0.4) is 0 Å². The lowest BCUT2D eigenvalue weighted by molar-refractivity contribution is 0.102. The molecule has 7 nitrogen and oxygen atoms in total. The smallest absolute Gasteiger partial charge is 0.277 e. The summed E-state index contributed by atoms with van der Waals surface area (Å²) in [7, 11) is 0. The Morgan fingerprint density at radius 3 is 2.87 bits per heavy atom. The highest BCUT2D eigenvalue weighted by atomic mass is 32.1. The minimum atomic E-state index is -0.327.